The minimum absolute atomic E-state index is 0.0524. The highest BCUT2D eigenvalue weighted by Crippen LogP contribution is 2.31. The summed E-state index contributed by atoms with van der Waals surface area (Å²) in [5.41, 5.74) is 3.36. The predicted molar refractivity (Wildman–Crippen MR) is 84.8 cm³/mol. The smallest absolute Gasteiger partial charge is 0.251 e. The first kappa shape index (κ1) is 14.2. The molecule has 2 N–H and O–H groups in total. The van der Waals surface area contributed by atoms with Crippen LogP contribution in [0.2, 0.25) is 0 Å². The lowest BCUT2D eigenvalue weighted by Gasteiger charge is -2.20. The fourth-order valence-electron chi connectivity index (χ4n) is 2.67. The number of rotatable bonds is 3. The normalized spacial score (nSPS) is 15.2. The van der Waals surface area contributed by atoms with Crippen LogP contribution in [-0.4, -0.2) is 23.8 Å². The number of hydrogen-bond acceptors (Lipinski definition) is 3. The molecule has 2 aromatic carbocycles. The molecule has 0 bridgehead atoms. The number of amides is 1. The second kappa shape index (κ2) is 5.92. The predicted octanol–water partition coefficient (Wildman–Crippen LogP) is 2.78. The van der Waals surface area contributed by atoms with E-state index in [2.05, 4.69) is 5.32 Å². The van der Waals surface area contributed by atoms with E-state index in [1.54, 1.807) is 11.8 Å². The molecule has 21 heavy (non-hydrogen) atoms. The summed E-state index contributed by atoms with van der Waals surface area (Å²) in [6, 6.07) is 13.5. The SMILES string of the molecule is CSc1ccccc1C(O)c1ccc2c(c1)C(=O)NCC2. The number of aliphatic hydroxyl groups is 1. The molecular weight excluding hydrogens is 282 g/mol. The van der Waals surface area contributed by atoms with Crippen molar-refractivity contribution in [2.75, 3.05) is 12.8 Å². The van der Waals surface area contributed by atoms with Gasteiger partial charge in [-0.2, -0.15) is 0 Å². The molecular formula is C17H17NO2S. The summed E-state index contributed by atoms with van der Waals surface area (Å²) >= 11 is 1.61. The average Bonchev–Trinajstić information content (AvgIpc) is 2.54. The molecule has 1 heterocycles. The Balaban J connectivity index is 2.00. The van der Waals surface area contributed by atoms with Gasteiger partial charge in [-0.3, -0.25) is 4.79 Å². The standard InChI is InChI=1S/C17H17NO2S/c1-21-15-5-3-2-4-13(15)16(19)12-7-6-11-8-9-18-17(20)14(11)10-12/h2-7,10,16,19H,8-9H2,1H3,(H,18,20). The Bertz CT molecular complexity index is 684. The second-order valence-electron chi connectivity index (χ2n) is 5.07. The van der Waals surface area contributed by atoms with Gasteiger partial charge in [0.15, 0.2) is 0 Å². The Morgan fingerprint density at radius 3 is 2.86 bits per heavy atom. The summed E-state index contributed by atoms with van der Waals surface area (Å²) in [4.78, 5) is 13.0. The summed E-state index contributed by atoms with van der Waals surface area (Å²) in [7, 11) is 0. The van der Waals surface area contributed by atoms with Crippen molar-refractivity contribution in [3.8, 4) is 0 Å². The molecule has 0 aromatic heterocycles. The lowest BCUT2D eigenvalue weighted by atomic mass is 9.94. The van der Waals surface area contributed by atoms with Crippen molar-refractivity contribution in [2.45, 2.75) is 17.4 Å². The summed E-state index contributed by atoms with van der Waals surface area (Å²) < 4.78 is 0. The zero-order chi connectivity index (χ0) is 14.8. The van der Waals surface area contributed by atoms with E-state index in [0.29, 0.717) is 12.1 Å². The lowest BCUT2D eigenvalue weighted by molar-refractivity contribution is 0.0945. The van der Waals surface area contributed by atoms with E-state index in [-0.39, 0.29) is 5.91 Å². The lowest BCUT2D eigenvalue weighted by Crippen LogP contribution is -2.31. The van der Waals surface area contributed by atoms with Crippen LogP contribution >= 0.6 is 11.8 Å². The molecule has 0 spiro atoms. The van der Waals surface area contributed by atoms with E-state index < -0.39 is 6.10 Å². The van der Waals surface area contributed by atoms with Crippen LogP contribution in [0.25, 0.3) is 0 Å². The van der Waals surface area contributed by atoms with Crippen molar-refractivity contribution in [2.24, 2.45) is 0 Å². The van der Waals surface area contributed by atoms with Crippen LogP contribution in [0.15, 0.2) is 47.4 Å². The van der Waals surface area contributed by atoms with Crippen molar-refractivity contribution < 1.29 is 9.90 Å². The number of fused-ring (bicyclic) bond motifs is 1. The first-order valence-electron chi connectivity index (χ1n) is 6.92. The minimum Gasteiger partial charge on any atom is -0.384 e. The van der Waals surface area contributed by atoms with Crippen molar-refractivity contribution in [3.63, 3.8) is 0 Å². The molecule has 1 amide bonds. The molecule has 0 saturated heterocycles. The number of nitrogens with one attached hydrogen (secondary N) is 1. The number of aliphatic hydroxyl groups excluding tert-OH is 1. The summed E-state index contributed by atoms with van der Waals surface area (Å²) in [6.45, 7) is 0.684. The van der Waals surface area contributed by atoms with Crippen molar-refractivity contribution in [1.29, 1.82) is 0 Å². The molecule has 0 aliphatic carbocycles. The maximum Gasteiger partial charge on any atom is 0.251 e. The molecule has 1 unspecified atom stereocenters. The quantitative estimate of drug-likeness (QED) is 0.857. The summed E-state index contributed by atoms with van der Waals surface area (Å²) in [5, 5.41) is 13.5. The Morgan fingerprint density at radius 1 is 1.24 bits per heavy atom. The molecule has 1 aliphatic rings. The highest BCUT2D eigenvalue weighted by molar-refractivity contribution is 7.98. The molecule has 2 aromatic rings. The van der Waals surface area contributed by atoms with Crippen molar-refractivity contribution in [1.82, 2.24) is 5.32 Å². The third-order valence-electron chi connectivity index (χ3n) is 3.81. The van der Waals surface area contributed by atoms with E-state index in [1.165, 1.54) is 0 Å². The Hall–Kier alpha value is -1.78. The van der Waals surface area contributed by atoms with Crippen LogP contribution in [-0.2, 0) is 6.42 Å². The van der Waals surface area contributed by atoms with Crippen molar-refractivity contribution >= 4 is 17.7 Å². The highest BCUT2D eigenvalue weighted by Gasteiger charge is 2.20. The van der Waals surface area contributed by atoms with Gasteiger partial charge < -0.3 is 10.4 Å². The first-order valence-corrected chi connectivity index (χ1v) is 8.15. The van der Waals surface area contributed by atoms with Gasteiger partial charge in [0.1, 0.15) is 6.10 Å². The van der Waals surface area contributed by atoms with Gasteiger partial charge in [-0.05, 0) is 41.5 Å². The number of carbonyl (C=O) groups is 1. The molecule has 4 heteroatoms. The van der Waals surface area contributed by atoms with Gasteiger partial charge in [-0.25, -0.2) is 0 Å². The van der Waals surface area contributed by atoms with Crippen LogP contribution in [0.1, 0.15) is 33.2 Å². The van der Waals surface area contributed by atoms with Gasteiger partial charge in [0.25, 0.3) is 5.91 Å². The van der Waals surface area contributed by atoms with Crippen LogP contribution in [0.5, 0.6) is 0 Å². The van der Waals surface area contributed by atoms with E-state index in [9.17, 15) is 9.90 Å². The summed E-state index contributed by atoms with van der Waals surface area (Å²) in [5.74, 6) is -0.0524. The molecule has 1 aliphatic heterocycles. The van der Waals surface area contributed by atoms with Crippen LogP contribution in [0.3, 0.4) is 0 Å². The summed E-state index contributed by atoms with van der Waals surface area (Å²) in [6.07, 6.45) is 2.12. The molecule has 1 atom stereocenters. The van der Waals surface area contributed by atoms with Crippen molar-refractivity contribution in [3.05, 3.63) is 64.7 Å². The number of benzene rings is 2. The van der Waals surface area contributed by atoms with E-state index in [0.717, 1.165) is 28.0 Å². The number of carbonyl (C=O) groups excluding carboxylic acids is 1. The largest absolute Gasteiger partial charge is 0.384 e. The van der Waals surface area contributed by atoms with Gasteiger partial charge in [0.05, 0.1) is 0 Å². The molecule has 0 fully saturated rings. The van der Waals surface area contributed by atoms with Crippen LogP contribution in [0, 0.1) is 0 Å². The third kappa shape index (κ3) is 2.69. The maximum atomic E-state index is 11.9. The fourth-order valence-corrected chi connectivity index (χ4v) is 3.30. The fraction of sp³-hybridized carbons (Fsp3) is 0.235. The highest BCUT2D eigenvalue weighted by atomic mass is 32.2. The molecule has 108 valence electrons. The van der Waals surface area contributed by atoms with Gasteiger partial charge in [-0.15, -0.1) is 11.8 Å². The van der Waals surface area contributed by atoms with Gasteiger partial charge in [-0.1, -0.05) is 30.3 Å². The molecule has 3 rings (SSSR count). The van der Waals surface area contributed by atoms with Gasteiger partial charge in [0.2, 0.25) is 0 Å². The minimum atomic E-state index is -0.714. The Kier molecular flexibility index (Phi) is 3.99. The van der Waals surface area contributed by atoms with Gasteiger partial charge >= 0.3 is 0 Å². The third-order valence-corrected chi connectivity index (χ3v) is 4.62. The zero-order valence-electron chi connectivity index (χ0n) is 11.8. The molecule has 3 nitrogen and oxygen atoms in total. The second-order valence-corrected chi connectivity index (χ2v) is 5.92. The first-order chi connectivity index (χ1) is 10.2. The van der Waals surface area contributed by atoms with E-state index in [4.69, 9.17) is 0 Å². The number of hydrogen-bond donors (Lipinski definition) is 2. The zero-order valence-corrected chi connectivity index (χ0v) is 12.6. The number of thioether (sulfide) groups is 1. The Labute approximate surface area is 128 Å². The Morgan fingerprint density at radius 2 is 2.05 bits per heavy atom. The topological polar surface area (TPSA) is 49.3 Å². The monoisotopic (exact) mass is 299 g/mol. The van der Waals surface area contributed by atoms with E-state index in [1.807, 2.05) is 48.7 Å². The van der Waals surface area contributed by atoms with Crippen LogP contribution < -0.4 is 5.32 Å². The molecule has 0 radical (unpaired) electrons. The van der Waals surface area contributed by atoms with Crippen LogP contribution in [0.4, 0.5) is 0 Å². The maximum absolute atomic E-state index is 11.9. The van der Waals surface area contributed by atoms with E-state index >= 15 is 0 Å². The average molecular weight is 299 g/mol. The van der Waals surface area contributed by atoms with Gasteiger partial charge in [0, 0.05) is 17.0 Å². The molecule has 0 saturated carbocycles.